The minimum absolute atomic E-state index is 0.125. The van der Waals surface area contributed by atoms with E-state index in [2.05, 4.69) is 21.6 Å². The van der Waals surface area contributed by atoms with Crippen molar-refractivity contribution in [3.05, 3.63) is 58.6 Å². The van der Waals surface area contributed by atoms with E-state index in [1.165, 1.54) is 0 Å². The van der Waals surface area contributed by atoms with Crippen molar-refractivity contribution >= 4 is 39.2 Å². The molecule has 1 atom stereocenters. The highest BCUT2D eigenvalue weighted by atomic mass is 32.1. The number of urea groups is 1. The Balaban J connectivity index is 1.38. The molecule has 7 heteroatoms. The number of fused-ring (bicyclic) bond motifs is 1. The summed E-state index contributed by atoms with van der Waals surface area (Å²) >= 11 is 1.68. The molecule has 29 heavy (non-hydrogen) atoms. The molecule has 2 heterocycles. The van der Waals surface area contributed by atoms with Crippen LogP contribution in [0.25, 0.3) is 10.2 Å². The Labute approximate surface area is 173 Å². The molecule has 4 rings (SSSR count). The van der Waals surface area contributed by atoms with Gasteiger partial charge in [-0.15, -0.1) is 11.3 Å². The van der Waals surface area contributed by atoms with Crippen LogP contribution in [0.5, 0.6) is 0 Å². The third-order valence-corrected chi connectivity index (χ3v) is 6.55. The van der Waals surface area contributed by atoms with Gasteiger partial charge in [0.05, 0.1) is 22.8 Å². The van der Waals surface area contributed by atoms with Crippen LogP contribution in [0.1, 0.15) is 35.0 Å². The highest BCUT2D eigenvalue weighted by Crippen LogP contribution is 2.36. The molecule has 1 aromatic heterocycles. The maximum atomic E-state index is 12.5. The molecule has 2 N–H and O–H groups in total. The third-order valence-electron chi connectivity index (χ3n) is 5.41. The van der Waals surface area contributed by atoms with Crippen molar-refractivity contribution in [1.82, 2.24) is 15.2 Å². The van der Waals surface area contributed by atoms with Crippen molar-refractivity contribution in [1.29, 1.82) is 0 Å². The van der Waals surface area contributed by atoms with E-state index in [0.29, 0.717) is 5.69 Å². The summed E-state index contributed by atoms with van der Waals surface area (Å²) in [6.45, 7) is 4.94. The number of rotatable bonds is 4. The molecule has 0 aliphatic carbocycles. The fourth-order valence-electron chi connectivity index (χ4n) is 3.72. The second-order valence-electron chi connectivity index (χ2n) is 7.40. The van der Waals surface area contributed by atoms with Crippen LogP contribution < -0.4 is 10.6 Å². The molecule has 150 valence electrons. The number of amides is 3. The first-order valence-electron chi connectivity index (χ1n) is 9.78. The van der Waals surface area contributed by atoms with Gasteiger partial charge in [0.1, 0.15) is 5.01 Å². The van der Waals surface area contributed by atoms with Gasteiger partial charge in [-0.2, -0.15) is 0 Å². The van der Waals surface area contributed by atoms with E-state index in [-0.39, 0.29) is 18.5 Å². The predicted octanol–water partition coefficient (Wildman–Crippen LogP) is 4.40. The summed E-state index contributed by atoms with van der Waals surface area (Å²) in [7, 11) is 0. The van der Waals surface area contributed by atoms with Gasteiger partial charge >= 0.3 is 6.03 Å². The summed E-state index contributed by atoms with van der Waals surface area (Å²) in [5.74, 6) is -0.305. The number of thiazole rings is 1. The van der Waals surface area contributed by atoms with Crippen molar-refractivity contribution < 1.29 is 9.59 Å². The third kappa shape index (κ3) is 4.31. The number of benzene rings is 2. The van der Waals surface area contributed by atoms with E-state index in [1.807, 2.05) is 50.2 Å². The highest BCUT2D eigenvalue weighted by Gasteiger charge is 2.30. The Kier molecular flexibility index (Phi) is 5.60. The first-order chi connectivity index (χ1) is 14.0. The minimum atomic E-state index is -0.501. The lowest BCUT2D eigenvalue weighted by Crippen LogP contribution is -2.41. The second-order valence-corrected chi connectivity index (χ2v) is 8.46. The Bertz CT molecular complexity index is 1030. The summed E-state index contributed by atoms with van der Waals surface area (Å²) in [4.78, 5) is 31.6. The summed E-state index contributed by atoms with van der Waals surface area (Å²) < 4.78 is 1.16. The number of anilines is 1. The molecule has 2 aromatic carbocycles. The Morgan fingerprint density at radius 2 is 2.00 bits per heavy atom. The van der Waals surface area contributed by atoms with Gasteiger partial charge in [0.25, 0.3) is 0 Å². The number of imide groups is 1. The topological polar surface area (TPSA) is 74.3 Å². The number of aromatic nitrogens is 1. The quantitative estimate of drug-likeness (QED) is 0.671. The van der Waals surface area contributed by atoms with Crippen LogP contribution in [0, 0.1) is 13.8 Å². The second kappa shape index (κ2) is 8.31. The molecule has 0 radical (unpaired) electrons. The van der Waals surface area contributed by atoms with Crippen LogP contribution in [0.4, 0.5) is 10.5 Å². The van der Waals surface area contributed by atoms with Gasteiger partial charge in [-0.25, -0.2) is 9.78 Å². The van der Waals surface area contributed by atoms with Crippen LogP contribution in [0.2, 0.25) is 0 Å². The first-order valence-corrected chi connectivity index (χ1v) is 10.6. The van der Waals surface area contributed by atoms with Crippen LogP contribution in [0.15, 0.2) is 42.5 Å². The van der Waals surface area contributed by atoms with Gasteiger partial charge in [0.2, 0.25) is 5.91 Å². The van der Waals surface area contributed by atoms with Crippen molar-refractivity contribution in [2.45, 2.75) is 32.7 Å². The number of hydrogen-bond donors (Lipinski definition) is 2. The molecule has 1 saturated heterocycles. The highest BCUT2D eigenvalue weighted by molar-refractivity contribution is 7.18. The number of nitrogens with one attached hydrogen (secondary N) is 2. The number of para-hydroxylation sites is 1. The minimum Gasteiger partial charge on any atom is -0.307 e. The Hall–Kier alpha value is -2.77. The molecule has 6 nitrogen and oxygen atoms in total. The van der Waals surface area contributed by atoms with Crippen molar-refractivity contribution in [3.63, 3.8) is 0 Å². The summed E-state index contributed by atoms with van der Waals surface area (Å²) in [6, 6.07) is 13.4. The summed E-state index contributed by atoms with van der Waals surface area (Å²) in [5, 5.41) is 6.26. The molecule has 3 aromatic rings. The van der Waals surface area contributed by atoms with E-state index in [1.54, 1.807) is 11.3 Å². The van der Waals surface area contributed by atoms with Crippen LogP contribution in [-0.2, 0) is 4.79 Å². The zero-order valence-electron chi connectivity index (χ0n) is 16.6. The molecule has 1 unspecified atom stereocenters. The average molecular weight is 409 g/mol. The molecule has 0 spiro atoms. The molecule has 0 bridgehead atoms. The zero-order valence-corrected chi connectivity index (χ0v) is 17.4. The summed E-state index contributed by atoms with van der Waals surface area (Å²) in [6.07, 6.45) is 1.99. The number of aryl methyl sites for hydroxylation is 1. The maximum Gasteiger partial charge on any atom is 0.325 e. The molecule has 1 fully saturated rings. The number of carbonyl (C=O) groups is 2. The molecule has 3 amide bonds. The van der Waals surface area contributed by atoms with Crippen molar-refractivity contribution in [2.24, 2.45) is 0 Å². The van der Waals surface area contributed by atoms with E-state index >= 15 is 0 Å². The first kappa shape index (κ1) is 19.5. The lowest BCUT2D eigenvalue weighted by atomic mass is 10.1. The van der Waals surface area contributed by atoms with E-state index in [9.17, 15) is 9.59 Å². The van der Waals surface area contributed by atoms with Crippen LogP contribution in [-0.4, -0.2) is 34.9 Å². The lowest BCUT2D eigenvalue weighted by molar-refractivity contribution is -0.121. The van der Waals surface area contributed by atoms with Gasteiger partial charge < -0.3 is 5.32 Å². The number of likely N-dealkylation sites (tertiary alicyclic amines) is 1. The van der Waals surface area contributed by atoms with E-state index in [4.69, 9.17) is 4.98 Å². The molecular formula is C22H24N4O2S. The molecule has 0 saturated carbocycles. The van der Waals surface area contributed by atoms with E-state index in [0.717, 1.165) is 45.7 Å². The van der Waals surface area contributed by atoms with E-state index < -0.39 is 6.03 Å². The lowest BCUT2D eigenvalue weighted by Gasteiger charge is -2.21. The fraction of sp³-hybridized carbons (Fsp3) is 0.318. The smallest absolute Gasteiger partial charge is 0.307 e. The number of hydrogen-bond acceptors (Lipinski definition) is 5. The van der Waals surface area contributed by atoms with Gasteiger partial charge in [-0.05, 0) is 62.6 Å². The SMILES string of the molecule is Cc1cccc(NC(=O)NC(=O)CN2CCCC2c2nc3ccccc3s2)c1C. The van der Waals surface area contributed by atoms with Gasteiger partial charge in [-0.3, -0.25) is 15.0 Å². The van der Waals surface area contributed by atoms with Gasteiger partial charge in [0.15, 0.2) is 0 Å². The molecular weight excluding hydrogens is 384 g/mol. The van der Waals surface area contributed by atoms with Crippen molar-refractivity contribution in [2.75, 3.05) is 18.4 Å². The molecule has 1 aliphatic rings. The number of nitrogens with zero attached hydrogens (tertiary/aromatic N) is 2. The normalized spacial score (nSPS) is 16.8. The zero-order chi connectivity index (χ0) is 20.4. The van der Waals surface area contributed by atoms with Crippen LogP contribution >= 0.6 is 11.3 Å². The largest absolute Gasteiger partial charge is 0.325 e. The van der Waals surface area contributed by atoms with Gasteiger partial charge in [-0.1, -0.05) is 24.3 Å². The predicted molar refractivity (Wildman–Crippen MR) is 116 cm³/mol. The Morgan fingerprint density at radius 3 is 2.83 bits per heavy atom. The average Bonchev–Trinajstić information content (AvgIpc) is 3.31. The van der Waals surface area contributed by atoms with Crippen LogP contribution in [0.3, 0.4) is 0 Å². The molecule has 1 aliphatic heterocycles. The Morgan fingerprint density at radius 1 is 1.17 bits per heavy atom. The van der Waals surface area contributed by atoms with Gasteiger partial charge in [0, 0.05) is 5.69 Å². The standard InChI is InChI=1S/C22H24N4O2S/c1-14-7-5-9-16(15(14)2)24-22(28)25-20(27)13-26-12-6-10-18(26)21-23-17-8-3-4-11-19(17)29-21/h3-5,7-9,11,18H,6,10,12-13H2,1-2H3,(H2,24,25,27,28). The maximum absolute atomic E-state index is 12.5. The number of carbonyl (C=O) groups excluding carboxylic acids is 2. The summed E-state index contributed by atoms with van der Waals surface area (Å²) in [5.41, 5.74) is 3.79. The fourth-order valence-corrected chi connectivity index (χ4v) is 4.86. The van der Waals surface area contributed by atoms with Crippen molar-refractivity contribution in [3.8, 4) is 0 Å². The monoisotopic (exact) mass is 408 g/mol.